The lowest BCUT2D eigenvalue weighted by Crippen LogP contribution is -2.48. The van der Waals surface area contributed by atoms with Gasteiger partial charge in [-0.1, -0.05) is 18.2 Å². The van der Waals surface area contributed by atoms with Crippen LogP contribution in [0.1, 0.15) is 37.4 Å². The molecular weight excluding hydrogens is 484 g/mol. The van der Waals surface area contributed by atoms with E-state index >= 15 is 4.39 Å². The van der Waals surface area contributed by atoms with Crippen LogP contribution in [0.2, 0.25) is 0 Å². The minimum absolute atomic E-state index is 0.0116. The van der Waals surface area contributed by atoms with Gasteiger partial charge < -0.3 is 10.6 Å². The van der Waals surface area contributed by atoms with Crippen LogP contribution >= 0.6 is 0 Å². The van der Waals surface area contributed by atoms with E-state index in [0.29, 0.717) is 43.0 Å². The maximum atomic E-state index is 15.6. The average Bonchev–Trinajstić information content (AvgIpc) is 2.83. The van der Waals surface area contributed by atoms with E-state index in [1.165, 1.54) is 29.6 Å². The van der Waals surface area contributed by atoms with Gasteiger partial charge in [-0.3, -0.25) is 0 Å². The Labute approximate surface area is 211 Å². The number of rotatable bonds is 9. The molecule has 2 aliphatic rings. The van der Waals surface area contributed by atoms with Crippen LogP contribution in [-0.2, 0) is 16.4 Å². The highest BCUT2D eigenvalue weighted by Gasteiger charge is 2.36. The second-order valence-electron chi connectivity index (χ2n) is 9.59. The van der Waals surface area contributed by atoms with Gasteiger partial charge >= 0.3 is 0 Å². The average molecular weight is 518 g/mol. The zero-order valence-corrected chi connectivity index (χ0v) is 21.5. The van der Waals surface area contributed by atoms with Crippen molar-refractivity contribution in [3.63, 3.8) is 0 Å². The molecule has 1 fully saturated rings. The Bertz CT molecular complexity index is 1240. The van der Waals surface area contributed by atoms with Gasteiger partial charge in [0, 0.05) is 31.7 Å². The fraction of sp³-hybridized carbons (Fsp3) is 0.462. The van der Waals surface area contributed by atoms with E-state index in [1.54, 1.807) is 30.5 Å². The topological polar surface area (TPSA) is 87.2 Å². The number of nitrogens with one attached hydrogen (secondary N) is 2. The van der Waals surface area contributed by atoms with E-state index in [2.05, 4.69) is 20.6 Å². The zero-order valence-electron chi connectivity index (χ0n) is 20.7. The van der Waals surface area contributed by atoms with Crippen molar-refractivity contribution in [1.29, 1.82) is 0 Å². The molecule has 10 heteroatoms. The molecule has 1 aliphatic heterocycles. The summed E-state index contributed by atoms with van der Waals surface area (Å²) in [6.45, 7) is 3.51. The number of allylic oxidation sites excluding steroid dienone is 3. The first-order chi connectivity index (χ1) is 17.1. The van der Waals surface area contributed by atoms with Crippen LogP contribution in [0.4, 0.5) is 14.7 Å². The molecule has 7 nitrogen and oxygen atoms in total. The molecule has 4 rings (SSSR count). The summed E-state index contributed by atoms with van der Waals surface area (Å²) in [7, 11) is -3.52. The quantitative estimate of drug-likeness (QED) is 0.527. The van der Waals surface area contributed by atoms with Crippen molar-refractivity contribution >= 4 is 21.5 Å². The van der Waals surface area contributed by atoms with Gasteiger partial charge in [0.05, 0.1) is 11.9 Å². The highest BCUT2D eigenvalue weighted by Crippen LogP contribution is 2.36. The standard InChI is InChI=1S/C26H33F2N5O2S/c1-26(28)11-6-20(17-21(26)18-33(36(2,34)35)23-8-12-29-13-9-23)24-10-15-31-25(32-24)30-14-7-19-4-3-5-22(27)16-19/h3-6,10,15-17,23,29H,7-9,11-14,18H2,1-2H3,(H,30,31,32). The lowest BCUT2D eigenvalue weighted by atomic mass is 9.86. The number of aromatic nitrogens is 2. The van der Waals surface area contributed by atoms with E-state index < -0.39 is 15.7 Å². The third-order valence-electron chi connectivity index (χ3n) is 6.71. The first-order valence-corrected chi connectivity index (χ1v) is 14.1. The number of piperidine rings is 1. The summed E-state index contributed by atoms with van der Waals surface area (Å²) in [6.07, 6.45) is 8.46. The number of hydrogen-bond acceptors (Lipinski definition) is 6. The molecule has 0 spiro atoms. The Kier molecular flexibility index (Phi) is 8.17. The van der Waals surface area contributed by atoms with E-state index in [4.69, 9.17) is 0 Å². The van der Waals surface area contributed by atoms with Gasteiger partial charge in [0.1, 0.15) is 11.5 Å². The Balaban J connectivity index is 1.50. The first-order valence-electron chi connectivity index (χ1n) is 12.2. The molecule has 36 heavy (non-hydrogen) atoms. The van der Waals surface area contributed by atoms with Crippen LogP contribution in [-0.4, -0.2) is 66.8 Å². The number of alkyl halides is 1. The Morgan fingerprint density at radius 1 is 1.25 bits per heavy atom. The fourth-order valence-corrected chi connectivity index (χ4v) is 5.74. The van der Waals surface area contributed by atoms with Crippen molar-refractivity contribution in [3.05, 3.63) is 71.3 Å². The second-order valence-corrected chi connectivity index (χ2v) is 11.5. The Morgan fingerprint density at radius 3 is 2.75 bits per heavy atom. The zero-order chi connectivity index (χ0) is 25.8. The molecule has 194 valence electrons. The van der Waals surface area contributed by atoms with Crippen LogP contribution in [0, 0.1) is 5.82 Å². The van der Waals surface area contributed by atoms with E-state index in [-0.39, 0.29) is 24.8 Å². The second kappa shape index (κ2) is 11.1. The van der Waals surface area contributed by atoms with Crippen LogP contribution in [0.3, 0.4) is 0 Å². The molecule has 2 N–H and O–H groups in total. The summed E-state index contributed by atoms with van der Waals surface area (Å²) < 4.78 is 55.6. The summed E-state index contributed by atoms with van der Waals surface area (Å²) in [5.41, 5.74) is 0.989. The van der Waals surface area contributed by atoms with Gasteiger partial charge in [-0.05, 0) is 80.3 Å². The number of anilines is 1. The van der Waals surface area contributed by atoms with Gasteiger partial charge in [0.15, 0.2) is 0 Å². The number of halogens is 2. The number of hydrogen-bond donors (Lipinski definition) is 2. The summed E-state index contributed by atoms with van der Waals surface area (Å²) in [6, 6.07) is 8.04. The van der Waals surface area contributed by atoms with Gasteiger partial charge in [0.25, 0.3) is 0 Å². The molecule has 1 aromatic carbocycles. The lowest BCUT2D eigenvalue weighted by molar-refractivity contribution is 0.211. The molecule has 0 amide bonds. The minimum atomic E-state index is -3.52. The third kappa shape index (κ3) is 6.74. The minimum Gasteiger partial charge on any atom is -0.354 e. The smallest absolute Gasteiger partial charge is 0.223 e. The van der Waals surface area contributed by atoms with Crippen LogP contribution in [0.15, 0.2) is 54.3 Å². The molecule has 0 bridgehead atoms. The van der Waals surface area contributed by atoms with Crippen molar-refractivity contribution in [1.82, 2.24) is 19.6 Å². The summed E-state index contributed by atoms with van der Waals surface area (Å²) in [4.78, 5) is 8.83. The van der Waals surface area contributed by atoms with Crippen LogP contribution in [0.25, 0.3) is 5.57 Å². The molecular formula is C26H33F2N5O2S. The van der Waals surface area contributed by atoms with E-state index in [9.17, 15) is 12.8 Å². The molecule has 1 aliphatic carbocycles. The SMILES string of the molecule is CC1(F)CC=C(c2ccnc(NCCc3cccc(F)c3)n2)C=C1CN(C1CCNCC1)S(C)(=O)=O. The monoisotopic (exact) mass is 517 g/mol. The van der Waals surface area contributed by atoms with Gasteiger partial charge in [0.2, 0.25) is 16.0 Å². The van der Waals surface area contributed by atoms with Gasteiger partial charge in [-0.15, -0.1) is 0 Å². The first kappa shape index (κ1) is 26.4. The number of benzene rings is 1. The van der Waals surface area contributed by atoms with E-state index in [0.717, 1.165) is 24.2 Å². The predicted octanol–water partition coefficient (Wildman–Crippen LogP) is 3.73. The molecule has 1 saturated heterocycles. The van der Waals surface area contributed by atoms with Crippen molar-refractivity contribution in [2.45, 2.75) is 44.3 Å². The van der Waals surface area contributed by atoms with E-state index in [1.807, 2.05) is 6.07 Å². The number of nitrogens with zero attached hydrogens (tertiary/aromatic N) is 3. The van der Waals surface area contributed by atoms with Crippen molar-refractivity contribution in [3.8, 4) is 0 Å². The molecule has 1 atom stereocenters. The van der Waals surface area contributed by atoms with Crippen molar-refractivity contribution in [2.75, 3.05) is 37.8 Å². The van der Waals surface area contributed by atoms with Gasteiger partial charge in [-0.25, -0.2) is 27.2 Å². The lowest BCUT2D eigenvalue weighted by Gasteiger charge is -2.36. The highest BCUT2D eigenvalue weighted by atomic mass is 32.2. The van der Waals surface area contributed by atoms with Crippen molar-refractivity contribution in [2.24, 2.45) is 0 Å². The summed E-state index contributed by atoms with van der Waals surface area (Å²) in [5, 5.41) is 6.40. The molecule has 1 unspecified atom stereocenters. The maximum absolute atomic E-state index is 15.6. The Hall–Kier alpha value is -2.69. The maximum Gasteiger partial charge on any atom is 0.223 e. The Morgan fingerprint density at radius 2 is 2.03 bits per heavy atom. The number of sulfonamides is 1. The molecule has 1 aromatic heterocycles. The largest absolute Gasteiger partial charge is 0.354 e. The molecule has 2 aromatic rings. The third-order valence-corrected chi connectivity index (χ3v) is 7.99. The fourth-order valence-electron chi connectivity index (χ4n) is 4.61. The van der Waals surface area contributed by atoms with Crippen molar-refractivity contribution < 1.29 is 17.2 Å². The highest BCUT2D eigenvalue weighted by molar-refractivity contribution is 7.88. The molecule has 0 radical (unpaired) electrons. The summed E-state index contributed by atoms with van der Waals surface area (Å²) >= 11 is 0. The summed E-state index contributed by atoms with van der Waals surface area (Å²) in [5.74, 6) is 0.146. The van der Waals surface area contributed by atoms with Crippen LogP contribution < -0.4 is 10.6 Å². The normalized spacial score (nSPS) is 21.2. The molecule has 2 heterocycles. The van der Waals surface area contributed by atoms with Crippen LogP contribution in [0.5, 0.6) is 0 Å². The molecule has 0 saturated carbocycles. The van der Waals surface area contributed by atoms with Gasteiger partial charge in [-0.2, -0.15) is 4.31 Å². The predicted molar refractivity (Wildman–Crippen MR) is 138 cm³/mol.